The van der Waals surface area contributed by atoms with Gasteiger partial charge in [-0.05, 0) is 48.4 Å². The molecule has 0 spiro atoms. The lowest BCUT2D eigenvalue weighted by molar-refractivity contribution is 0.0843. The van der Waals surface area contributed by atoms with Crippen LogP contribution in [0.25, 0.3) is 0 Å². The minimum atomic E-state index is -0.848. The number of aliphatic hydroxyl groups excluding tert-OH is 1. The number of nitrogens with one attached hydrogen (secondary N) is 1. The van der Waals surface area contributed by atoms with Crippen LogP contribution in [0.5, 0.6) is 5.75 Å². The van der Waals surface area contributed by atoms with Crippen molar-refractivity contribution in [3.8, 4) is 5.75 Å². The Morgan fingerprint density at radius 3 is 2.43 bits per heavy atom. The van der Waals surface area contributed by atoms with E-state index < -0.39 is 6.10 Å². The van der Waals surface area contributed by atoms with Crippen LogP contribution in [0.1, 0.15) is 22.8 Å². The van der Waals surface area contributed by atoms with Crippen LogP contribution >= 0.6 is 0 Å². The molecule has 0 aliphatic heterocycles. The molecule has 0 aliphatic carbocycles. The first-order valence-electron chi connectivity index (χ1n) is 7.52. The van der Waals surface area contributed by atoms with Crippen molar-refractivity contribution in [2.75, 3.05) is 13.2 Å². The van der Waals surface area contributed by atoms with Crippen LogP contribution in [0.4, 0.5) is 4.39 Å². The molecule has 1 unspecified atom stereocenters. The Morgan fingerprint density at radius 1 is 1.17 bits per heavy atom. The van der Waals surface area contributed by atoms with E-state index in [0.717, 1.165) is 12.0 Å². The number of ether oxygens (including phenoxy) is 1. The molecule has 0 saturated carbocycles. The van der Waals surface area contributed by atoms with E-state index in [0.29, 0.717) is 11.3 Å². The standard InChI is InChI=1S/C18H20FNO3/c1-2-13-3-5-14(6-4-13)18(22)20-11-16(21)12-23-17-9-7-15(19)8-10-17/h3-10,16,21H,2,11-12H2,1H3,(H,20,22). The van der Waals surface area contributed by atoms with Crippen molar-refractivity contribution in [3.05, 3.63) is 65.5 Å². The van der Waals surface area contributed by atoms with Gasteiger partial charge in [0, 0.05) is 12.1 Å². The van der Waals surface area contributed by atoms with E-state index in [1.807, 2.05) is 19.1 Å². The number of aliphatic hydroxyl groups is 1. The van der Waals surface area contributed by atoms with Crippen LogP contribution in [-0.4, -0.2) is 30.3 Å². The number of hydrogen-bond donors (Lipinski definition) is 2. The Morgan fingerprint density at radius 2 is 1.83 bits per heavy atom. The summed E-state index contributed by atoms with van der Waals surface area (Å²) in [6, 6.07) is 12.9. The average Bonchev–Trinajstić information content (AvgIpc) is 2.59. The van der Waals surface area contributed by atoms with E-state index in [4.69, 9.17) is 4.74 Å². The van der Waals surface area contributed by atoms with Gasteiger partial charge in [-0.1, -0.05) is 19.1 Å². The van der Waals surface area contributed by atoms with Crippen LogP contribution in [0.3, 0.4) is 0 Å². The summed E-state index contributed by atoms with van der Waals surface area (Å²) in [7, 11) is 0. The third kappa shape index (κ3) is 5.38. The van der Waals surface area contributed by atoms with Gasteiger partial charge >= 0.3 is 0 Å². The van der Waals surface area contributed by atoms with Gasteiger partial charge < -0.3 is 15.2 Å². The normalized spacial score (nSPS) is 11.8. The second-order valence-electron chi connectivity index (χ2n) is 5.18. The maximum atomic E-state index is 12.8. The van der Waals surface area contributed by atoms with Crippen molar-refractivity contribution in [1.82, 2.24) is 5.32 Å². The van der Waals surface area contributed by atoms with Crippen molar-refractivity contribution in [1.29, 1.82) is 0 Å². The smallest absolute Gasteiger partial charge is 0.251 e. The molecule has 0 radical (unpaired) electrons. The lowest BCUT2D eigenvalue weighted by atomic mass is 10.1. The van der Waals surface area contributed by atoms with Crippen LogP contribution in [0, 0.1) is 5.82 Å². The van der Waals surface area contributed by atoms with Gasteiger partial charge in [0.1, 0.15) is 24.3 Å². The van der Waals surface area contributed by atoms with Crippen molar-refractivity contribution in [3.63, 3.8) is 0 Å². The summed E-state index contributed by atoms with van der Waals surface area (Å²) in [5, 5.41) is 12.5. The van der Waals surface area contributed by atoms with E-state index in [9.17, 15) is 14.3 Å². The number of hydrogen-bond acceptors (Lipinski definition) is 3. The Hall–Kier alpha value is -2.40. The predicted octanol–water partition coefficient (Wildman–Crippen LogP) is 2.56. The minimum Gasteiger partial charge on any atom is -0.491 e. The molecule has 1 amide bonds. The summed E-state index contributed by atoms with van der Waals surface area (Å²) in [6.07, 6.45) is 0.0698. The highest BCUT2D eigenvalue weighted by molar-refractivity contribution is 5.94. The van der Waals surface area contributed by atoms with Gasteiger partial charge in [0.2, 0.25) is 0 Å². The molecule has 4 nitrogen and oxygen atoms in total. The second kappa shape index (κ2) is 8.29. The van der Waals surface area contributed by atoms with Crippen LogP contribution in [-0.2, 0) is 6.42 Å². The molecule has 2 aromatic rings. The molecule has 1 atom stereocenters. The number of amides is 1. The summed E-state index contributed by atoms with van der Waals surface area (Å²) in [6.45, 7) is 2.14. The lowest BCUT2D eigenvalue weighted by Crippen LogP contribution is -2.35. The van der Waals surface area contributed by atoms with Gasteiger partial charge in [-0.2, -0.15) is 0 Å². The largest absolute Gasteiger partial charge is 0.491 e. The summed E-state index contributed by atoms with van der Waals surface area (Å²) >= 11 is 0. The number of halogens is 1. The van der Waals surface area contributed by atoms with Crippen LogP contribution < -0.4 is 10.1 Å². The molecule has 5 heteroatoms. The first-order valence-corrected chi connectivity index (χ1v) is 7.52. The summed E-state index contributed by atoms with van der Waals surface area (Å²) in [5.41, 5.74) is 1.71. The molecular weight excluding hydrogens is 297 g/mol. The molecule has 2 rings (SSSR count). The fraction of sp³-hybridized carbons (Fsp3) is 0.278. The van der Waals surface area contributed by atoms with Gasteiger partial charge in [0.25, 0.3) is 5.91 Å². The van der Waals surface area contributed by atoms with Crippen LogP contribution in [0.15, 0.2) is 48.5 Å². The zero-order valence-electron chi connectivity index (χ0n) is 13.0. The molecular formula is C18H20FNO3. The Balaban J connectivity index is 1.75. The van der Waals surface area contributed by atoms with Gasteiger partial charge in [0.05, 0.1) is 0 Å². The van der Waals surface area contributed by atoms with E-state index in [1.165, 1.54) is 24.3 Å². The fourth-order valence-electron chi connectivity index (χ4n) is 1.99. The topological polar surface area (TPSA) is 58.6 Å². The van der Waals surface area contributed by atoms with E-state index in [2.05, 4.69) is 5.32 Å². The van der Waals surface area contributed by atoms with Crippen LogP contribution in [0.2, 0.25) is 0 Å². The summed E-state index contributed by atoms with van der Waals surface area (Å²) in [5.74, 6) is -0.125. The third-order valence-electron chi connectivity index (χ3n) is 3.38. The maximum absolute atomic E-state index is 12.8. The number of carbonyl (C=O) groups excluding carboxylic acids is 1. The predicted molar refractivity (Wildman–Crippen MR) is 86.1 cm³/mol. The van der Waals surface area contributed by atoms with Gasteiger partial charge in [-0.3, -0.25) is 4.79 Å². The van der Waals surface area contributed by atoms with Gasteiger partial charge in [-0.15, -0.1) is 0 Å². The fourth-order valence-corrected chi connectivity index (χ4v) is 1.99. The lowest BCUT2D eigenvalue weighted by Gasteiger charge is -2.13. The highest BCUT2D eigenvalue weighted by Crippen LogP contribution is 2.11. The van der Waals surface area contributed by atoms with Gasteiger partial charge in [0.15, 0.2) is 0 Å². The SMILES string of the molecule is CCc1ccc(C(=O)NCC(O)COc2ccc(F)cc2)cc1. The molecule has 0 saturated heterocycles. The molecule has 0 fully saturated rings. The van der Waals surface area contributed by atoms with Crippen molar-refractivity contribution in [2.45, 2.75) is 19.4 Å². The van der Waals surface area contributed by atoms with Crippen molar-refractivity contribution < 1.29 is 19.0 Å². The number of rotatable bonds is 7. The molecule has 0 aliphatic rings. The zero-order chi connectivity index (χ0) is 16.7. The molecule has 0 heterocycles. The molecule has 0 aromatic heterocycles. The quantitative estimate of drug-likeness (QED) is 0.825. The molecule has 2 aromatic carbocycles. The highest BCUT2D eigenvalue weighted by Gasteiger charge is 2.10. The Kier molecular flexibility index (Phi) is 6.11. The van der Waals surface area contributed by atoms with E-state index in [-0.39, 0.29) is 24.9 Å². The van der Waals surface area contributed by atoms with E-state index in [1.54, 1.807) is 12.1 Å². The van der Waals surface area contributed by atoms with Crippen molar-refractivity contribution >= 4 is 5.91 Å². The minimum absolute atomic E-state index is 0.0146. The molecule has 23 heavy (non-hydrogen) atoms. The second-order valence-corrected chi connectivity index (χ2v) is 5.18. The Bertz CT molecular complexity index is 626. The Labute approximate surface area is 134 Å². The third-order valence-corrected chi connectivity index (χ3v) is 3.38. The average molecular weight is 317 g/mol. The van der Waals surface area contributed by atoms with E-state index >= 15 is 0 Å². The summed E-state index contributed by atoms with van der Waals surface area (Å²) < 4.78 is 18.1. The maximum Gasteiger partial charge on any atom is 0.251 e. The molecule has 2 N–H and O–H groups in total. The molecule has 0 bridgehead atoms. The highest BCUT2D eigenvalue weighted by atomic mass is 19.1. The number of aryl methyl sites for hydroxylation is 1. The van der Waals surface area contributed by atoms with Crippen molar-refractivity contribution in [2.24, 2.45) is 0 Å². The first kappa shape index (κ1) is 17.0. The zero-order valence-corrected chi connectivity index (χ0v) is 13.0. The number of carbonyl (C=O) groups is 1. The number of benzene rings is 2. The monoisotopic (exact) mass is 317 g/mol. The van der Waals surface area contributed by atoms with Gasteiger partial charge in [-0.25, -0.2) is 4.39 Å². The summed E-state index contributed by atoms with van der Waals surface area (Å²) in [4.78, 5) is 12.0. The molecule has 122 valence electrons. The first-order chi connectivity index (χ1) is 11.1.